The Hall–Kier alpha value is -2.30. The van der Waals surface area contributed by atoms with E-state index in [1.54, 1.807) is 32.3 Å². The van der Waals surface area contributed by atoms with E-state index < -0.39 is 23.5 Å². The van der Waals surface area contributed by atoms with Crippen LogP contribution in [0, 0.1) is 6.92 Å². The molecule has 11 heteroatoms. The largest absolute Gasteiger partial charge is 0.417 e. The van der Waals surface area contributed by atoms with Crippen LogP contribution in [0.2, 0.25) is 5.02 Å². The molecule has 1 atom stereocenters. The SMILES string of the molecule is CCCN(CC(C)=N/C=C(\C)Sc1ccc(C)cc1C(F)(F)F)c1cnn(C2CCCCO2)c(=O)c1Cl. The zero-order chi connectivity index (χ0) is 27.2. The van der Waals surface area contributed by atoms with Gasteiger partial charge < -0.3 is 9.64 Å². The van der Waals surface area contributed by atoms with Crippen LogP contribution in [-0.4, -0.2) is 35.2 Å². The van der Waals surface area contributed by atoms with Gasteiger partial charge in [0.25, 0.3) is 5.56 Å². The van der Waals surface area contributed by atoms with E-state index in [2.05, 4.69) is 10.1 Å². The first kappa shape index (κ1) is 29.3. The minimum absolute atomic E-state index is 0.0757. The summed E-state index contributed by atoms with van der Waals surface area (Å²) in [5.41, 5.74) is 0.724. The molecule has 0 radical (unpaired) electrons. The van der Waals surface area contributed by atoms with Gasteiger partial charge >= 0.3 is 6.18 Å². The second-order valence-corrected chi connectivity index (χ2v) is 10.7. The Morgan fingerprint density at radius 1 is 1.35 bits per heavy atom. The van der Waals surface area contributed by atoms with E-state index >= 15 is 0 Å². The summed E-state index contributed by atoms with van der Waals surface area (Å²) in [6.45, 7) is 8.77. The molecule has 0 bridgehead atoms. The zero-order valence-corrected chi connectivity index (χ0v) is 23.0. The second-order valence-electron chi connectivity index (χ2n) is 9.04. The highest BCUT2D eigenvalue weighted by molar-refractivity contribution is 8.03. The van der Waals surface area contributed by atoms with Gasteiger partial charge in [-0.1, -0.05) is 41.9 Å². The van der Waals surface area contributed by atoms with Gasteiger partial charge in [-0.3, -0.25) is 9.79 Å². The Labute approximate surface area is 224 Å². The number of rotatable bonds is 9. The fraction of sp³-hybridized carbons (Fsp3) is 0.500. The molecule has 0 aliphatic carbocycles. The summed E-state index contributed by atoms with van der Waals surface area (Å²) in [7, 11) is 0. The van der Waals surface area contributed by atoms with E-state index in [0.29, 0.717) is 48.0 Å². The molecule has 1 aromatic heterocycles. The molecule has 3 rings (SSSR count). The quantitative estimate of drug-likeness (QED) is 0.240. The molecule has 0 N–H and O–H groups in total. The molecule has 2 aromatic rings. The molecule has 1 fully saturated rings. The number of alkyl halides is 3. The van der Waals surface area contributed by atoms with Crippen LogP contribution >= 0.6 is 23.4 Å². The Bertz CT molecular complexity index is 1210. The molecular weight excluding hydrogens is 525 g/mol. The van der Waals surface area contributed by atoms with Crippen molar-refractivity contribution in [3.63, 3.8) is 0 Å². The Morgan fingerprint density at radius 3 is 2.76 bits per heavy atom. The van der Waals surface area contributed by atoms with Gasteiger partial charge in [0.2, 0.25) is 0 Å². The predicted molar refractivity (Wildman–Crippen MR) is 144 cm³/mol. The third-order valence-electron chi connectivity index (χ3n) is 5.79. The van der Waals surface area contributed by atoms with Crippen molar-refractivity contribution in [1.29, 1.82) is 0 Å². The Balaban J connectivity index is 1.77. The van der Waals surface area contributed by atoms with Crippen LogP contribution in [0.1, 0.15) is 63.8 Å². The van der Waals surface area contributed by atoms with Gasteiger partial charge in [0.15, 0.2) is 6.23 Å². The molecule has 0 spiro atoms. The summed E-state index contributed by atoms with van der Waals surface area (Å²) in [5, 5.41) is 4.41. The molecule has 1 aliphatic rings. The molecule has 37 heavy (non-hydrogen) atoms. The molecule has 1 aromatic carbocycles. The molecule has 2 heterocycles. The van der Waals surface area contributed by atoms with Gasteiger partial charge in [-0.15, -0.1) is 0 Å². The fourth-order valence-corrected chi connectivity index (χ4v) is 5.13. The lowest BCUT2D eigenvalue weighted by molar-refractivity contribution is -0.139. The summed E-state index contributed by atoms with van der Waals surface area (Å²) in [5.74, 6) is 0. The van der Waals surface area contributed by atoms with Gasteiger partial charge in [-0.25, -0.2) is 0 Å². The van der Waals surface area contributed by atoms with Crippen LogP contribution in [0.15, 0.2) is 50.2 Å². The maximum absolute atomic E-state index is 13.4. The highest BCUT2D eigenvalue weighted by atomic mass is 35.5. The van der Waals surface area contributed by atoms with Gasteiger partial charge in [0.1, 0.15) is 5.02 Å². The van der Waals surface area contributed by atoms with Crippen LogP contribution in [0.3, 0.4) is 0 Å². The average molecular weight is 557 g/mol. The fourth-order valence-electron chi connectivity index (χ4n) is 4.01. The summed E-state index contributed by atoms with van der Waals surface area (Å²) in [6.07, 6.45) is 1.73. The summed E-state index contributed by atoms with van der Waals surface area (Å²) in [6, 6.07) is 4.29. The molecule has 1 aliphatic heterocycles. The summed E-state index contributed by atoms with van der Waals surface area (Å²) >= 11 is 7.52. The number of benzene rings is 1. The topological polar surface area (TPSA) is 59.7 Å². The summed E-state index contributed by atoms with van der Waals surface area (Å²) < 4.78 is 47.3. The number of thioether (sulfide) groups is 1. The van der Waals surface area contributed by atoms with E-state index in [0.717, 1.165) is 37.1 Å². The van der Waals surface area contributed by atoms with Crippen molar-refractivity contribution in [1.82, 2.24) is 9.78 Å². The van der Waals surface area contributed by atoms with Crippen molar-refractivity contribution in [2.45, 2.75) is 70.7 Å². The van der Waals surface area contributed by atoms with Gasteiger partial charge in [0.05, 0.1) is 24.0 Å². The number of aryl methyl sites for hydroxylation is 1. The molecular formula is C26H32ClF3N4O2S. The number of hydrogen-bond donors (Lipinski definition) is 0. The molecule has 1 saturated heterocycles. The van der Waals surface area contributed by atoms with E-state index in [9.17, 15) is 18.0 Å². The van der Waals surface area contributed by atoms with Crippen LogP contribution in [0.5, 0.6) is 0 Å². The maximum Gasteiger partial charge on any atom is 0.417 e. The zero-order valence-electron chi connectivity index (χ0n) is 21.4. The number of allylic oxidation sites excluding steroid dienone is 1. The minimum atomic E-state index is -4.43. The minimum Gasteiger partial charge on any atom is -0.363 e. The van der Waals surface area contributed by atoms with Gasteiger partial charge in [-0.2, -0.15) is 23.0 Å². The monoisotopic (exact) mass is 556 g/mol. The molecule has 0 saturated carbocycles. The maximum atomic E-state index is 13.4. The average Bonchev–Trinajstić information content (AvgIpc) is 2.85. The number of ether oxygens (including phenoxy) is 1. The molecule has 6 nitrogen and oxygen atoms in total. The Kier molecular flexibility index (Phi) is 10.3. The number of hydrogen-bond acceptors (Lipinski definition) is 6. The van der Waals surface area contributed by atoms with E-state index in [1.807, 2.05) is 18.7 Å². The lowest BCUT2D eigenvalue weighted by Crippen LogP contribution is -2.35. The van der Waals surface area contributed by atoms with E-state index in [-0.39, 0.29) is 9.92 Å². The molecule has 1 unspecified atom stereocenters. The number of anilines is 1. The van der Waals surface area contributed by atoms with E-state index in [1.165, 1.54) is 10.7 Å². The first-order valence-electron chi connectivity index (χ1n) is 12.2. The number of aliphatic imine (C=N–C) groups is 1. The third-order valence-corrected chi connectivity index (χ3v) is 7.14. The lowest BCUT2D eigenvalue weighted by atomic mass is 10.1. The highest BCUT2D eigenvalue weighted by Gasteiger charge is 2.33. The van der Waals surface area contributed by atoms with Crippen molar-refractivity contribution in [2.75, 3.05) is 24.6 Å². The van der Waals surface area contributed by atoms with Crippen molar-refractivity contribution >= 4 is 34.8 Å². The highest BCUT2D eigenvalue weighted by Crippen LogP contribution is 2.39. The summed E-state index contributed by atoms with van der Waals surface area (Å²) in [4.78, 5) is 20.1. The van der Waals surface area contributed by atoms with Crippen LogP contribution in [-0.2, 0) is 10.9 Å². The predicted octanol–water partition coefficient (Wildman–Crippen LogP) is 7.25. The molecule has 0 amide bonds. The number of halogens is 4. The first-order valence-corrected chi connectivity index (χ1v) is 13.4. The number of aromatic nitrogens is 2. The Morgan fingerprint density at radius 2 is 2.11 bits per heavy atom. The van der Waals surface area contributed by atoms with Crippen molar-refractivity contribution in [2.24, 2.45) is 4.99 Å². The smallest absolute Gasteiger partial charge is 0.363 e. The first-order chi connectivity index (χ1) is 17.5. The van der Waals surface area contributed by atoms with Gasteiger partial charge in [0, 0.05) is 34.9 Å². The van der Waals surface area contributed by atoms with Crippen molar-refractivity contribution < 1.29 is 17.9 Å². The standard InChI is InChI=1S/C26H32ClF3N4O2S/c1-5-11-33(21-15-32-34(25(35)24(21)27)23-8-6-7-12-36-23)16-18(3)31-14-19(4)37-22-10-9-17(2)13-20(22)26(28,29)30/h9-10,13-15,23H,5-8,11-12,16H2,1-4H3/b19-14+,31-18?. The van der Waals surface area contributed by atoms with Crippen LogP contribution < -0.4 is 10.5 Å². The van der Waals surface area contributed by atoms with Crippen LogP contribution in [0.25, 0.3) is 0 Å². The third kappa shape index (κ3) is 7.85. The normalized spacial score (nSPS) is 17.2. The van der Waals surface area contributed by atoms with E-state index in [4.69, 9.17) is 16.3 Å². The lowest BCUT2D eigenvalue weighted by Gasteiger charge is -2.27. The van der Waals surface area contributed by atoms with Crippen molar-refractivity contribution in [3.05, 3.63) is 62.0 Å². The number of nitrogens with zero attached hydrogens (tertiary/aromatic N) is 4. The molecule has 202 valence electrons. The van der Waals surface area contributed by atoms with Gasteiger partial charge in [-0.05, 0) is 58.6 Å². The van der Waals surface area contributed by atoms with Crippen molar-refractivity contribution in [3.8, 4) is 0 Å². The van der Waals surface area contributed by atoms with Crippen LogP contribution in [0.4, 0.5) is 18.9 Å². The second kappa shape index (κ2) is 13.0.